The molecule has 0 aliphatic carbocycles. The second kappa shape index (κ2) is 14.8. The third-order valence-electron chi connectivity index (χ3n) is 9.51. The maximum Gasteiger partial charge on any atom is 0.0464 e. The van der Waals surface area contributed by atoms with Crippen LogP contribution in [-0.4, -0.2) is 0 Å². The molecule has 0 N–H and O–H groups in total. The van der Waals surface area contributed by atoms with Crippen LogP contribution in [0.3, 0.4) is 0 Å². The summed E-state index contributed by atoms with van der Waals surface area (Å²) in [6.07, 6.45) is 4.42. The van der Waals surface area contributed by atoms with Crippen LogP contribution < -0.4 is 9.80 Å². The van der Waals surface area contributed by atoms with Crippen LogP contribution in [0.25, 0.3) is 23.3 Å². The molecule has 2 nitrogen and oxygen atoms in total. The van der Waals surface area contributed by atoms with Crippen LogP contribution in [0.1, 0.15) is 38.9 Å². The summed E-state index contributed by atoms with van der Waals surface area (Å²) in [4.78, 5) is 4.64. The number of nitrogens with zero attached hydrogens (tertiary/aromatic N) is 2. The normalized spacial score (nSPS) is 11.2. The van der Waals surface area contributed by atoms with Crippen molar-refractivity contribution in [1.82, 2.24) is 0 Å². The SMILES string of the molecule is Cc1ccc(N(c2ccc(C)cc2)c2ccc(-c3ccc(C=Cc4ccc(N(c5ccc(C)cc5)c5ccc(C)cc5)cc4C)cc3)cc2)cc1. The van der Waals surface area contributed by atoms with Gasteiger partial charge in [0.05, 0.1) is 0 Å². The molecule has 0 fully saturated rings. The van der Waals surface area contributed by atoms with Crippen molar-refractivity contribution < 1.29 is 0 Å². The Morgan fingerprint density at radius 3 is 1.00 bits per heavy atom. The molecule has 7 aromatic rings. The molecule has 0 saturated carbocycles. The Bertz CT molecular complexity index is 2150. The van der Waals surface area contributed by atoms with Crippen LogP contribution in [0.2, 0.25) is 0 Å². The predicted molar refractivity (Wildman–Crippen MR) is 220 cm³/mol. The van der Waals surface area contributed by atoms with Gasteiger partial charge in [0, 0.05) is 34.1 Å². The predicted octanol–water partition coefficient (Wildman–Crippen LogP) is 14.0. The van der Waals surface area contributed by atoms with E-state index in [1.807, 2.05) is 0 Å². The molecule has 0 aliphatic rings. The summed E-state index contributed by atoms with van der Waals surface area (Å²) in [5.41, 5.74) is 17.9. The summed E-state index contributed by atoms with van der Waals surface area (Å²) in [5, 5.41) is 0. The Labute approximate surface area is 303 Å². The molecule has 0 bridgehead atoms. The van der Waals surface area contributed by atoms with Gasteiger partial charge in [0.15, 0.2) is 0 Å². The molecule has 7 aromatic carbocycles. The highest BCUT2D eigenvalue weighted by atomic mass is 15.1. The molecular weight excluding hydrogens is 617 g/mol. The van der Waals surface area contributed by atoms with Gasteiger partial charge in [-0.05, 0) is 135 Å². The lowest BCUT2D eigenvalue weighted by atomic mass is 10.0. The summed E-state index contributed by atoms with van der Waals surface area (Å²) < 4.78 is 0. The summed E-state index contributed by atoms with van der Waals surface area (Å²) in [5.74, 6) is 0. The maximum atomic E-state index is 2.33. The largest absolute Gasteiger partial charge is 0.311 e. The van der Waals surface area contributed by atoms with Crippen molar-refractivity contribution in [1.29, 1.82) is 0 Å². The summed E-state index contributed by atoms with van der Waals surface area (Å²) in [7, 11) is 0. The second-order valence-electron chi connectivity index (χ2n) is 13.6. The zero-order valence-electron chi connectivity index (χ0n) is 30.1. The lowest BCUT2D eigenvalue weighted by Gasteiger charge is -2.26. The highest BCUT2D eigenvalue weighted by molar-refractivity contribution is 5.81. The third-order valence-corrected chi connectivity index (χ3v) is 9.51. The smallest absolute Gasteiger partial charge is 0.0464 e. The molecule has 0 aliphatic heterocycles. The third kappa shape index (κ3) is 7.71. The van der Waals surface area contributed by atoms with Crippen molar-refractivity contribution in [3.63, 3.8) is 0 Å². The first-order valence-electron chi connectivity index (χ1n) is 17.7. The first kappa shape index (κ1) is 33.4. The minimum atomic E-state index is 1.13. The fourth-order valence-corrected chi connectivity index (χ4v) is 6.43. The van der Waals surface area contributed by atoms with Gasteiger partial charge >= 0.3 is 0 Å². The summed E-state index contributed by atoms with van der Waals surface area (Å²) in [6, 6.07) is 59.3. The minimum absolute atomic E-state index is 1.13. The number of benzene rings is 7. The van der Waals surface area contributed by atoms with E-state index in [1.54, 1.807) is 0 Å². The van der Waals surface area contributed by atoms with E-state index in [4.69, 9.17) is 0 Å². The van der Waals surface area contributed by atoms with Gasteiger partial charge in [0.25, 0.3) is 0 Å². The number of hydrogen-bond acceptors (Lipinski definition) is 2. The van der Waals surface area contributed by atoms with Gasteiger partial charge in [0.2, 0.25) is 0 Å². The first-order valence-corrected chi connectivity index (χ1v) is 17.7. The van der Waals surface area contributed by atoms with E-state index in [0.717, 1.165) is 34.1 Å². The Hall–Kier alpha value is -6.12. The monoisotopic (exact) mass is 660 g/mol. The molecule has 7 rings (SSSR count). The van der Waals surface area contributed by atoms with Gasteiger partial charge in [-0.2, -0.15) is 0 Å². The number of aryl methyl sites for hydroxylation is 5. The van der Waals surface area contributed by atoms with Crippen LogP contribution >= 0.6 is 0 Å². The molecule has 0 atom stereocenters. The molecule has 250 valence electrons. The quantitative estimate of drug-likeness (QED) is 0.142. The highest BCUT2D eigenvalue weighted by Crippen LogP contribution is 2.37. The Morgan fingerprint density at radius 2 is 0.627 bits per heavy atom. The van der Waals surface area contributed by atoms with Crippen LogP contribution in [0.15, 0.2) is 164 Å². The summed E-state index contributed by atoms with van der Waals surface area (Å²) in [6.45, 7) is 10.7. The first-order chi connectivity index (χ1) is 24.8. The zero-order valence-corrected chi connectivity index (χ0v) is 30.1. The molecule has 2 heteroatoms. The van der Waals surface area contributed by atoms with Gasteiger partial charge in [0.1, 0.15) is 0 Å². The minimum Gasteiger partial charge on any atom is -0.311 e. The molecule has 0 unspecified atom stereocenters. The van der Waals surface area contributed by atoms with E-state index < -0.39 is 0 Å². The standard InChI is InChI=1S/C49H44N2/c1-35-6-23-44(24-7-35)50(45-25-8-36(2)9-26-45)48-31-21-43(22-32-48)42-18-15-40(16-19-42)14-17-41-20-33-49(34-39(41)5)51(46-27-10-37(3)11-28-46)47-29-12-38(4)13-30-47/h6-34H,1-5H3. The molecule has 0 radical (unpaired) electrons. The molecule has 0 spiro atoms. The number of hydrogen-bond donors (Lipinski definition) is 0. The van der Waals surface area contributed by atoms with E-state index in [2.05, 4.69) is 220 Å². The second-order valence-corrected chi connectivity index (χ2v) is 13.6. The lowest BCUT2D eigenvalue weighted by molar-refractivity contribution is 1.25. The molecule has 0 heterocycles. The average molecular weight is 661 g/mol. The van der Waals surface area contributed by atoms with Crippen LogP contribution in [0, 0.1) is 34.6 Å². The van der Waals surface area contributed by atoms with Gasteiger partial charge in [-0.1, -0.05) is 125 Å². The fraction of sp³-hybridized carbons (Fsp3) is 0.102. The van der Waals surface area contributed by atoms with Crippen molar-refractivity contribution in [3.05, 3.63) is 203 Å². The topological polar surface area (TPSA) is 6.48 Å². The number of rotatable bonds is 9. The maximum absolute atomic E-state index is 2.33. The van der Waals surface area contributed by atoms with Crippen molar-refractivity contribution >= 4 is 46.3 Å². The lowest BCUT2D eigenvalue weighted by Crippen LogP contribution is -2.10. The average Bonchev–Trinajstić information content (AvgIpc) is 3.15. The van der Waals surface area contributed by atoms with E-state index in [-0.39, 0.29) is 0 Å². The summed E-state index contributed by atoms with van der Waals surface area (Å²) >= 11 is 0. The Balaban J connectivity index is 1.09. The molecule has 0 aromatic heterocycles. The van der Waals surface area contributed by atoms with Crippen LogP contribution in [0.4, 0.5) is 34.1 Å². The van der Waals surface area contributed by atoms with E-state index in [1.165, 1.54) is 50.1 Å². The fourth-order valence-electron chi connectivity index (χ4n) is 6.43. The van der Waals surface area contributed by atoms with E-state index in [0.29, 0.717) is 0 Å². The Kier molecular flexibility index (Phi) is 9.67. The van der Waals surface area contributed by atoms with Crippen LogP contribution in [-0.2, 0) is 0 Å². The van der Waals surface area contributed by atoms with Gasteiger partial charge < -0.3 is 9.80 Å². The van der Waals surface area contributed by atoms with E-state index in [9.17, 15) is 0 Å². The molecule has 0 saturated heterocycles. The molecule has 51 heavy (non-hydrogen) atoms. The van der Waals surface area contributed by atoms with Crippen molar-refractivity contribution in [2.45, 2.75) is 34.6 Å². The van der Waals surface area contributed by atoms with Crippen molar-refractivity contribution in [2.24, 2.45) is 0 Å². The highest BCUT2D eigenvalue weighted by Gasteiger charge is 2.14. The van der Waals surface area contributed by atoms with Crippen molar-refractivity contribution in [2.75, 3.05) is 9.80 Å². The van der Waals surface area contributed by atoms with Crippen LogP contribution in [0.5, 0.6) is 0 Å². The van der Waals surface area contributed by atoms with Gasteiger partial charge in [-0.3, -0.25) is 0 Å². The van der Waals surface area contributed by atoms with E-state index >= 15 is 0 Å². The zero-order chi connectivity index (χ0) is 35.3. The van der Waals surface area contributed by atoms with Gasteiger partial charge in [-0.25, -0.2) is 0 Å². The van der Waals surface area contributed by atoms with Crippen molar-refractivity contribution in [3.8, 4) is 11.1 Å². The molecule has 0 amide bonds. The van der Waals surface area contributed by atoms with Gasteiger partial charge in [-0.15, -0.1) is 0 Å². The Morgan fingerprint density at radius 1 is 0.314 bits per heavy atom. The molecular formula is C49H44N2. The number of anilines is 6.